The summed E-state index contributed by atoms with van der Waals surface area (Å²) in [6.45, 7) is 1.34. The lowest BCUT2D eigenvalue weighted by molar-refractivity contribution is -0.117. The second kappa shape index (κ2) is 8.07. The van der Waals surface area contributed by atoms with Crippen LogP contribution in [0.15, 0.2) is 53.4 Å². The van der Waals surface area contributed by atoms with E-state index in [-0.39, 0.29) is 16.1 Å². The zero-order valence-corrected chi connectivity index (χ0v) is 14.8. The Hall–Kier alpha value is -2.78. The molecule has 0 aromatic heterocycles. The highest BCUT2D eigenvalue weighted by atomic mass is 32.2. The van der Waals surface area contributed by atoms with Crippen molar-refractivity contribution in [1.29, 1.82) is 0 Å². The van der Waals surface area contributed by atoms with Gasteiger partial charge in [-0.15, -0.1) is 0 Å². The summed E-state index contributed by atoms with van der Waals surface area (Å²) in [7, 11) is -2.81. The molecule has 0 aliphatic carbocycles. The summed E-state index contributed by atoms with van der Waals surface area (Å²) in [6.07, 6.45) is 0. The van der Waals surface area contributed by atoms with Gasteiger partial charge in [-0.05, 0) is 43.3 Å². The summed E-state index contributed by atoms with van der Waals surface area (Å²) in [5, 5.41) is 2.48. The maximum atomic E-state index is 12.9. The van der Waals surface area contributed by atoms with Gasteiger partial charge in [-0.25, -0.2) is 17.6 Å². The number of carbonyl (C=O) groups excluding carboxylic acids is 2. The van der Waals surface area contributed by atoms with E-state index in [0.717, 1.165) is 24.3 Å². The summed E-state index contributed by atoms with van der Waals surface area (Å²) in [5.41, 5.74) is 0.328. The van der Waals surface area contributed by atoms with Gasteiger partial charge < -0.3 is 10.1 Å². The normalized spacial score (nSPS) is 12.3. The van der Waals surface area contributed by atoms with Crippen molar-refractivity contribution in [3.8, 4) is 0 Å². The number of hydrogen-bond donors (Lipinski definition) is 2. The van der Waals surface area contributed by atoms with E-state index in [1.54, 1.807) is 12.1 Å². The summed E-state index contributed by atoms with van der Waals surface area (Å²) < 4.78 is 44.2. The number of esters is 1. The monoisotopic (exact) mass is 380 g/mol. The molecule has 26 heavy (non-hydrogen) atoms. The topological polar surface area (TPSA) is 102 Å². The van der Waals surface area contributed by atoms with Crippen LogP contribution >= 0.6 is 0 Å². The lowest BCUT2D eigenvalue weighted by Crippen LogP contribution is -2.41. The molecule has 0 heterocycles. The van der Waals surface area contributed by atoms with Gasteiger partial charge in [-0.2, -0.15) is 4.72 Å². The van der Waals surface area contributed by atoms with Gasteiger partial charge in [-0.3, -0.25) is 4.79 Å². The Morgan fingerprint density at radius 2 is 1.69 bits per heavy atom. The van der Waals surface area contributed by atoms with Crippen LogP contribution in [-0.4, -0.2) is 33.4 Å². The molecule has 9 heteroatoms. The average Bonchev–Trinajstić information content (AvgIpc) is 2.61. The van der Waals surface area contributed by atoms with Gasteiger partial charge in [0.15, 0.2) is 0 Å². The van der Waals surface area contributed by atoms with Crippen LogP contribution in [0, 0.1) is 5.82 Å². The quantitative estimate of drug-likeness (QED) is 0.746. The first-order valence-corrected chi connectivity index (χ1v) is 8.99. The Morgan fingerprint density at radius 3 is 2.31 bits per heavy atom. The first kappa shape index (κ1) is 19.5. The molecule has 0 radical (unpaired) electrons. The van der Waals surface area contributed by atoms with Crippen molar-refractivity contribution in [2.45, 2.75) is 17.9 Å². The highest BCUT2D eigenvalue weighted by Gasteiger charge is 2.23. The molecule has 0 unspecified atom stereocenters. The summed E-state index contributed by atoms with van der Waals surface area (Å²) in [5.74, 6) is -1.89. The van der Waals surface area contributed by atoms with E-state index in [4.69, 9.17) is 0 Å². The van der Waals surface area contributed by atoms with Crippen molar-refractivity contribution in [1.82, 2.24) is 4.72 Å². The molecule has 138 valence electrons. The summed E-state index contributed by atoms with van der Waals surface area (Å²) in [4.78, 5) is 23.8. The van der Waals surface area contributed by atoms with E-state index in [0.29, 0.717) is 0 Å². The van der Waals surface area contributed by atoms with Crippen LogP contribution < -0.4 is 10.0 Å². The maximum absolute atomic E-state index is 12.9. The van der Waals surface area contributed by atoms with E-state index in [1.165, 1.54) is 26.2 Å². The van der Waals surface area contributed by atoms with Gasteiger partial charge in [0.05, 0.1) is 29.3 Å². The number of rotatable bonds is 6. The van der Waals surface area contributed by atoms with Crippen molar-refractivity contribution in [3.05, 3.63) is 59.9 Å². The molecule has 0 aliphatic heterocycles. The maximum Gasteiger partial charge on any atom is 0.339 e. The molecule has 2 rings (SSSR count). The van der Waals surface area contributed by atoms with Gasteiger partial charge in [0.2, 0.25) is 15.9 Å². The third kappa shape index (κ3) is 4.64. The van der Waals surface area contributed by atoms with Crippen LogP contribution in [0.25, 0.3) is 0 Å². The first-order valence-electron chi connectivity index (χ1n) is 7.50. The molecular weight excluding hydrogens is 363 g/mol. The number of carbonyl (C=O) groups is 2. The van der Waals surface area contributed by atoms with Crippen LogP contribution in [0.3, 0.4) is 0 Å². The van der Waals surface area contributed by atoms with Crippen molar-refractivity contribution in [2.24, 2.45) is 0 Å². The molecule has 2 aromatic carbocycles. The van der Waals surface area contributed by atoms with Crippen LogP contribution in [0.1, 0.15) is 17.3 Å². The van der Waals surface area contributed by atoms with Crippen LogP contribution in [0.2, 0.25) is 0 Å². The number of amides is 1. The van der Waals surface area contributed by atoms with Crippen LogP contribution in [0.5, 0.6) is 0 Å². The van der Waals surface area contributed by atoms with E-state index in [9.17, 15) is 22.4 Å². The van der Waals surface area contributed by atoms with Crippen LogP contribution in [-0.2, 0) is 19.6 Å². The van der Waals surface area contributed by atoms with Crippen molar-refractivity contribution in [3.63, 3.8) is 0 Å². The average molecular weight is 380 g/mol. The minimum absolute atomic E-state index is 0.136. The molecule has 0 saturated heterocycles. The second-order valence-corrected chi connectivity index (χ2v) is 7.04. The number of methoxy groups -OCH3 is 1. The van der Waals surface area contributed by atoms with Gasteiger partial charge in [-0.1, -0.05) is 12.1 Å². The fraction of sp³-hybridized carbons (Fsp3) is 0.176. The number of ether oxygens (including phenoxy) is 1. The molecule has 0 aliphatic rings. The Labute approximate surface area is 150 Å². The number of sulfonamides is 1. The third-order valence-electron chi connectivity index (χ3n) is 3.44. The Kier molecular flexibility index (Phi) is 6.06. The SMILES string of the molecule is COC(=O)c1ccccc1NC(=O)[C@H](C)NS(=O)(=O)c1ccc(F)cc1. The molecule has 0 saturated carbocycles. The smallest absolute Gasteiger partial charge is 0.339 e. The number of anilines is 1. The standard InChI is InChI=1S/C17H17FN2O5S/c1-11(20-26(23,24)13-9-7-12(18)8-10-13)16(21)19-15-6-4-3-5-14(15)17(22)25-2/h3-11,20H,1-2H3,(H,19,21)/t11-/m0/s1. The molecule has 7 nitrogen and oxygen atoms in total. The summed E-state index contributed by atoms with van der Waals surface area (Å²) in [6, 6.07) is 9.22. The Morgan fingerprint density at radius 1 is 1.08 bits per heavy atom. The van der Waals surface area contributed by atoms with Crippen molar-refractivity contribution in [2.75, 3.05) is 12.4 Å². The second-order valence-electron chi connectivity index (χ2n) is 5.32. The number of halogens is 1. The predicted octanol–water partition coefficient (Wildman–Crippen LogP) is 1.92. The number of hydrogen-bond acceptors (Lipinski definition) is 5. The van der Waals surface area contributed by atoms with E-state index in [2.05, 4.69) is 14.8 Å². The molecular formula is C17H17FN2O5S. The Bertz CT molecular complexity index is 913. The van der Waals surface area contributed by atoms with E-state index < -0.39 is 33.8 Å². The van der Waals surface area contributed by atoms with E-state index >= 15 is 0 Å². The number of para-hydroxylation sites is 1. The third-order valence-corrected chi connectivity index (χ3v) is 5.00. The fourth-order valence-electron chi connectivity index (χ4n) is 2.09. The van der Waals surface area contributed by atoms with Gasteiger partial charge in [0, 0.05) is 0 Å². The van der Waals surface area contributed by atoms with E-state index in [1.807, 2.05) is 0 Å². The minimum atomic E-state index is -4.01. The number of benzene rings is 2. The van der Waals surface area contributed by atoms with Gasteiger partial charge in [0.25, 0.3) is 0 Å². The zero-order chi connectivity index (χ0) is 19.3. The predicted molar refractivity (Wildman–Crippen MR) is 92.6 cm³/mol. The first-order chi connectivity index (χ1) is 12.2. The highest BCUT2D eigenvalue weighted by molar-refractivity contribution is 7.89. The number of nitrogens with one attached hydrogen (secondary N) is 2. The molecule has 2 aromatic rings. The molecule has 0 fully saturated rings. The minimum Gasteiger partial charge on any atom is -0.465 e. The largest absolute Gasteiger partial charge is 0.465 e. The van der Waals surface area contributed by atoms with Crippen LogP contribution in [0.4, 0.5) is 10.1 Å². The molecule has 2 N–H and O–H groups in total. The lowest BCUT2D eigenvalue weighted by atomic mass is 10.1. The van der Waals surface area contributed by atoms with Gasteiger partial charge >= 0.3 is 5.97 Å². The fourth-order valence-corrected chi connectivity index (χ4v) is 3.29. The highest BCUT2D eigenvalue weighted by Crippen LogP contribution is 2.17. The Balaban J connectivity index is 2.13. The van der Waals surface area contributed by atoms with Crippen molar-refractivity contribution < 1.29 is 27.1 Å². The zero-order valence-electron chi connectivity index (χ0n) is 14.0. The molecule has 0 bridgehead atoms. The molecule has 1 atom stereocenters. The molecule has 0 spiro atoms. The summed E-state index contributed by atoms with van der Waals surface area (Å²) >= 11 is 0. The van der Waals surface area contributed by atoms with Gasteiger partial charge in [0.1, 0.15) is 5.82 Å². The van der Waals surface area contributed by atoms with Crippen molar-refractivity contribution >= 4 is 27.6 Å². The molecule has 1 amide bonds. The lowest BCUT2D eigenvalue weighted by Gasteiger charge is -2.16.